The molecule has 0 aliphatic carbocycles. The van der Waals surface area contributed by atoms with E-state index in [-0.39, 0.29) is 17.7 Å². The van der Waals surface area contributed by atoms with Gasteiger partial charge in [-0.3, -0.25) is 14.2 Å². The fourth-order valence-electron chi connectivity index (χ4n) is 4.44. The number of hydrogen-bond donors (Lipinski definition) is 1. The number of anilines is 1. The van der Waals surface area contributed by atoms with Gasteiger partial charge in [-0.25, -0.2) is 4.98 Å². The first-order valence-corrected chi connectivity index (χ1v) is 11.9. The number of rotatable bonds is 6. The third-order valence-corrected chi connectivity index (χ3v) is 6.44. The second-order valence-corrected chi connectivity index (χ2v) is 9.01. The molecule has 2 aromatic carbocycles. The van der Waals surface area contributed by atoms with Crippen molar-refractivity contribution >= 4 is 28.5 Å². The number of carbonyl (C=O) groups excluding carboxylic acids is 2. The molecule has 0 saturated carbocycles. The van der Waals surface area contributed by atoms with E-state index in [0.717, 1.165) is 42.4 Å². The molecule has 1 saturated heterocycles. The second kappa shape index (κ2) is 10.1. The van der Waals surface area contributed by atoms with Crippen LogP contribution in [0.5, 0.6) is 11.5 Å². The lowest BCUT2D eigenvalue weighted by atomic mass is 9.96. The van der Waals surface area contributed by atoms with Crippen molar-refractivity contribution < 1.29 is 14.3 Å². The summed E-state index contributed by atoms with van der Waals surface area (Å²) in [6, 6.07) is 20.7. The molecular formula is C28H28N4O3. The van der Waals surface area contributed by atoms with Crippen LogP contribution in [-0.2, 0) is 11.2 Å². The third-order valence-electron chi connectivity index (χ3n) is 6.44. The molecule has 0 unspecified atom stereocenters. The molecule has 3 heterocycles. The van der Waals surface area contributed by atoms with E-state index in [1.165, 1.54) is 0 Å². The van der Waals surface area contributed by atoms with E-state index in [0.29, 0.717) is 23.7 Å². The van der Waals surface area contributed by atoms with Gasteiger partial charge in [0.2, 0.25) is 11.8 Å². The Morgan fingerprint density at radius 1 is 1.00 bits per heavy atom. The SMILES string of the molecule is CN1CCC(C(=O)Nc2cc(Oc3ccc4c(ccn4C(=O)Cc4ccccc4)c3)ccn2)CC1. The largest absolute Gasteiger partial charge is 0.457 e. The highest BCUT2D eigenvalue weighted by Crippen LogP contribution is 2.28. The van der Waals surface area contributed by atoms with Crippen LogP contribution in [0.2, 0.25) is 0 Å². The second-order valence-electron chi connectivity index (χ2n) is 9.01. The molecule has 7 nitrogen and oxygen atoms in total. The van der Waals surface area contributed by atoms with Crippen LogP contribution in [-0.4, -0.2) is 46.4 Å². The van der Waals surface area contributed by atoms with Crippen molar-refractivity contribution in [1.82, 2.24) is 14.5 Å². The lowest BCUT2D eigenvalue weighted by Gasteiger charge is -2.27. The number of amides is 1. The van der Waals surface area contributed by atoms with Gasteiger partial charge in [0, 0.05) is 29.8 Å². The molecule has 1 fully saturated rings. The van der Waals surface area contributed by atoms with Crippen LogP contribution in [0.15, 0.2) is 79.1 Å². The maximum absolute atomic E-state index is 12.8. The number of nitrogens with one attached hydrogen (secondary N) is 1. The number of hydrogen-bond acceptors (Lipinski definition) is 5. The number of pyridine rings is 1. The molecule has 35 heavy (non-hydrogen) atoms. The van der Waals surface area contributed by atoms with Crippen molar-refractivity contribution in [3.05, 3.63) is 84.7 Å². The molecule has 5 rings (SSSR count). The fourth-order valence-corrected chi connectivity index (χ4v) is 4.44. The van der Waals surface area contributed by atoms with E-state index >= 15 is 0 Å². The summed E-state index contributed by atoms with van der Waals surface area (Å²) < 4.78 is 7.72. The summed E-state index contributed by atoms with van der Waals surface area (Å²) >= 11 is 0. The Morgan fingerprint density at radius 2 is 1.77 bits per heavy atom. The fraction of sp³-hybridized carbons (Fsp3) is 0.250. The molecular weight excluding hydrogens is 440 g/mol. The van der Waals surface area contributed by atoms with Gasteiger partial charge in [0.15, 0.2) is 0 Å². The number of aromatic nitrogens is 2. The van der Waals surface area contributed by atoms with Gasteiger partial charge < -0.3 is 15.0 Å². The van der Waals surface area contributed by atoms with Crippen LogP contribution in [0.1, 0.15) is 23.2 Å². The van der Waals surface area contributed by atoms with E-state index < -0.39 is 0 Å². The molecule has 7 heteroatoms. The first kappa shape index (κ1) is 22.8. The van der Waals surface area contributed by atoms with Gasteiger partial charge in [0.05, 0.1) is 11.9 Å². The molecule has 0 radical (unpaired) electrons. The average Bonchev–Trinajstić information content (AvgIpc) is 3.29. The highest BCUT2D eigenvalue weighted by Gasteiger charge is 2.23. The maximum atomic E-state index is 12.8. The van der Waals surface area contributed by atoms with Crippen molar-refractivity contribution in [2.45, 2.75) is 19.3 Å². The number of carbonyl (C=O) groups is 2. The zero-order valence-electron chi connectivity index (χ0n) is 19.7. The Morgan fingerprint density at radius 3 is 2.57 bits per heavy atom. The van der Waals surface area contributed by atoms with Gasteiger partial charge >= 0.3 is 0 Å². The minimum Gasteiger partial charge on any atom is -0.457 e. The lowest BCUT2D eigenvalue weighted by Crippen LogP contribution is -2.36. The number of benzene rings is 2. The Kier molecular flexibility index (Phi) is 6.59. The van der Waals surface area contributed by atoms with Gasteiger partial charge in [-0.1, -0.05) is 30.3 Å². The highest BCUT2D eigenvalue weighted by molar-refractivity contribution is 5.94. The van der Waals surface area contributed by atoms with Crippen molar-refractivity contribution in [3.63, 3.8) is 0 Å². The summed E-state index contributed by atoms with van der Waals surface area (Å²) in [5.74, 6) is 1.73. The predicted octanol–water partition coefficient (Wildman–Crippen LogP) is 4.99. The van der Waals surface area contributed by atoms with E-state index in [9.17, 15) is 9.59 Å². The molecule has 1 aliphatic heterocycles. The molecule has 0 spiro atoms. The monoisotopic (exact) mass is 468 g/mol. The first-order valence-electron chi connectivity index (χ1n) is 11.9. The van der Waals surface area contributed by atoms with Gasteiger partial charge in [0.25, 0.3) is 0 Å². The number of likely N-dealkylation sites (tertiary alicyclic amines) is 1. The minimum atomic E-state index is 0.00526. The number of piperidine rings is 1. The summed E-state index contributed by atoms with van der Waals surface area (Å²) in [6.07, 6.45) is 5.46. The van der Waals surface area contributed by atoms with E-state index in [1.807, 2.05) is 54.6 Å². The molecule has 4 aromatic rings. The van der Waals surface area contributed by atoms with Crippen LogP contribution >= 0.6 is 0 Å². The maximum Gasteiger partial charge on any atom is 0.235 e. The molecule has 0 bridgehead atoms. The highest BCUT2D eigenvalue weighted by atomic mass is 16.5. The first-order chi connectivity index (χ1) is 17.0. The Labute approximate surface area is 204 Å². The summed E-state index contributed by atoms with van der Waals surface area (Å²) in [4.78, 5) is 31.9. The van der Waals surface area contributed by atoms with Crippen molar-refractivity contribution in [2.24, 2.45) is 5.92 Å². The van der Waals surface area contributed by atoms with E-state index in [2.05, 4.69) is 22.2 Å². The summed E-state index contributed by atoms with van der Waals surface area (Å²) in [5.41, 5.74) is 1.81. The van der Waals surface area contributed by atoms with E-state index in [1.54, 1.807) is 29.1 Å². The minimum absolute atomic E-state index is 0.00526. The standard InChI is InChI=1S/C28H28N4O3/c1-31-14-10-21(11-15-31)28(34)30-26-19-24(9-13-29-26)35-23-7-8-25-22(18-23)12-16-32(25)27(33)17-20-5-3-2-4-6-20/h2-9,12-13,16,18-19,21H,10-11,14-15,17H2,1H3,(H,29,30,34). The normalized spacial score (nSPS) is 14.7. The molecule has 1 N–H and O–H groups in total. The summed E-state index contributed by atoms with van der Waals surface area (Å²) in [5, 5.41) is 3.84. The molecule has 1 aliphatic rings. The summed E-state index contributed by atoms with van der Waals surface area (Å²) in [6.45, 7) is 1.85. The Bertz CT molecular complexity index is 1340. The lowest BCUT2D eigenvalue weighted by molar-refractivity contribution is -0.121. The number of ether oxygens (including phenoxy) is 1. The number of fused-ring (bicyclic) bond motifs is 1. The van der Waals surface area contributed by atoms with Gasteiger partial charge in [-0.15, -0.1) is 0 Å². The Hall–Kier alpha value is -3.97. The molecule has 2 aromatic heterocycles. The predicted molar refractivity (Wildman–Crippen MR) is 136 cm³/mol. The zero-order chi connectivity index (χ0) is 24.2. The van der Waals surface area contributed by atoms with Gasteiger partial charge in [-0.05, 0) is 68.9 Å². The molecule has 0 atom stereocenters. The van der Waals surface area contributed by atoms with Crippen LogP contribution in [0, 0.1) is 5.92 Å². The Balaban J connectivity index is 1.26. The topological polar surface area (TPSA) is 76.5 Å². The molecule has 178 valence electrons. The van der Waals surface area contributed by atoms with Crippen molar-refractivity contribution in [3.8, 4) is 11.5 Å². The zero-order valence-corrected chi connectivity index (χ0v) is 19.7. The van der Waals surface area contributed by atoms with Crippen LogP contribution in [0.25, 0.3) is 10.9 Å². The van der Waals surface area contributed by atoms with Gasteiger partial charge in [-0.2, -0.15) is 0 Å². The smallest absolute Gasteiger partial charge is 0.235 e. The van der Waals surface area contributed by atoms with Crippen molar-refractivity contribution in [1.29, 1.82) is 0 Å². The molecule has 1 amide bonds. The average molecular weight is 469 g/mol. The quantitative estimate of drug-likeness (QED) is 0.431. The van der Waals surface area contributed by atoms with Crippen LogP contribution < -0.4 is 10.1 Å². The number of nitrogens with zero attached hydrogens (tertiary/aromatic N) is 3. The summed E-state index contributed by atoms with van der Waals surface area (Å²) in [7, 11) is 2.07. The van der Waals surface area contributed by atoms with E-state index in [4.69, 9.17) is 4.74 Å². The van der Waals surface area contributed by atoms with Crippen LogP contribution in [0.3, 0.4) is 0 Å². The van der Waals surface area contributed by atoms with Crippen LogP contribution in [0.4, 0.5) is 5.82 Å². The third kappa shape index (κ3) is 5.41. The van der Waals surface area contributed by atoms with Crippen molar-refractivity contribution in [2.75, 3.05) is 25.5 Å². The van der Waals surface area contributed by atoms with Gasteiger partial charge in [0.1, 0.15) is 17.3 Å².